The van der Waals surface area contributed by atoms with Crippen molar-refractivity contribution in [2.24, 2.45) is 0 Å². The van der Waals surface area contributed by atoms with Gasteiger partial charge in [-0.3, -0.25) is 0 Å². The lowest BCUT2D eigenvalue weighted by atomic mass is 10.1. The molecule has 9 rings (SSSR count). The maximum absolute atomic E-state index is 14.6. The Bertz CT molecular complexity index is 2540. The lowest BCUT2D eigenvalue weighted by Crippen LogP contribution is -2.11. The Kier molecular flexibility index (Phi) is 6.00. The van der Waals surface area contributed by atoms with E-state index in [4.69, 9.17) is 0 Å². The van der Waals surface area contributed by atoms with Crippen LogP contribution in [-0.2, 0) is 0 Å². The smallest absolute Gasteiger partial charge is 0.125 e. The molecule has 0 amide bonds. The Morgan fingerprint density at radius 3 is 1.43 bits per heavy atom. The molecule has 2 heterocycles. The summed E-state index contributed by atoms with van der Waals surface area (Å²) in [5.41, 5.74) is 9.46. The van der Waals surface area contributed by atoms with E-state index < -0.39 is 0 Å². The van der Waals surface area contributed by atoms with Crippen LogP contribution in [0.3, 0.4) is 0 Å². The van der Waals surface area contributed by atoms with Crippen LogP contribution < -0.4 is 4.90 Å². The van der Waals surface area contributed by atoms with Crippen LogP contribution in [0.2, 0.25) is 0 Å². The van der Waals surface area contributed by atoms with Crippen LogP contribution in [0, 0.1) is 5.82 Å². The molecule has 0 spiro atoms. The maximum Gasteiger partial charge on any atom is 0.125 e. The van der Waals surface area contributed by atoms with Crippen molar-refractivity contribution in [3.63, 3.8) is 0 Å². The second-order valence-corrected chi connectivity index (χ2v) is 11.5. The minimum Gasteiger partial charge on any atom is -0.309 e. The molecule has 0 saturated carbocycles. The molecule has 4 heteroatoms. The first-order chi connectivity index (χ1) is 22.8. The van der Waals surface area contributed by atoms with Crippen LogP contribution in [0.5, 0.6) is 0 Å². The molecule has 0 aliphatic carbocycles. The molecule has 218 valence electrons. The normalized spacial score (nSPS) is 11.6. The van der Waals surface area contributed by atoms with Crippen molar-refractivity contribution in [1.29, 1.82) is 0 Å². The van der Waals surface area contributed by atoms with Crippen molar-refractivity contribution in [3.8, 4) is 11.4 Å². The number of anilines is 3. The van der Waals surface area contributed by atoms with E-state index in [1.807, 2.05) is 12.1 Å². The largest absolute Gasteiger partial charge is 0.309 e. The van der Waals surface area contributed by atoms with Crippen molar-refractivity contribution in [3.05, 3.63) is 176 Å². The van der Waals surface area contributed by atoms with Crippen molar-refractivity contribution >= 4 is 60.7 Å². The predicted molar refractivity (Wildman–Crippen MR) is 190 cm³/mol. The van der Waals surface area contributed by atoms with Crippen LogP contribution in [0.1, 0.15) is 0 Å². The molecule has 0 aliphatic rings. The number of fused-ring (bicyclic) bond motifs is 6. The van der Waals surface area contributed by atoms with Gasteiger partial charge in [-0.1, -0.05) is 91.0 Å². The van der Waals surface area contributed by atoms with Crippen molar-refractivity contribution < 1.29 is 4.39 Å². The first kappa shape index (κ1) is 26.3. The van der Waals surface area contributed by atoms with E-state index in [1.165, 1.54) is 16.8 Å². The summed E-state index contributed by atoms with van der Waals surface area (Å²) in [6.07, 6.45) is 0. The first-order valence-corrected chi connectivity index (χ1v) is 15.5. The maximum atomic E-state index is 14.6. The molecule has 0 fully saturated rings. The summed E-state index contributed by atoms with van der Waals surface area (Å²) in [6.45, 7) is 0. The molecule has 46 heavy (non-hydrogen) atoms. The quantitative estimate of drug-likeness (QED) is 0.193. The van der Waals surface area contributed by atoms with Crippen LogP contribution in [0.25, 0.3) is 55.0 Å². The predicted octanol–water partition coefficient (Wildman–Crippen LogP) is 11.5. The summed E-state index contributed by atoms with van der Waals surface area (Å²) < 4.78 is 19.1. The van der Waals surface area contributed by atoms with Crippen LogP contribution in [-0.4, -0.2) is 9.13 Å². The Morgan fingerprint density at radius 1 is 0.391 bits per heavy atom. The monoisotopic (exact) mass is 593 g/mol. The Balaban J connectivity index is 1.41. The molecular weight excluding hydrogens is 565 g/mol. The molecule has 9 aromatic rings. The zero-order chi connectivity index (χ0) is 30.6. The number of aromatic nitrogens is 2. The van der Waals surface area contributed by atoms with Gasteiger partial charge in [0.2, 0.25) is 0 Å². The highest BCUT2D eigenvalue weighted by atomic mass is 19.1. The van der Waals surface area contributed by atoms with Gasteiger partial charge < -0.3 is 14.0 Å². The standard InChI is InChI=1S/C42H28FN3/c43-29-14-11-19-32(28-29)46-36-23-10-8-21-34(36)42-39(26-13-27-40(42)46)45(31-17-5-2-6-18-31)38-25-12-24-37-41(38)33-20-7-9-22-35(33)44(37)30-15-3-1-4-16-30/h1-28H. The van der Waals surface area contributed by atoms with Gasteiger partial charge in [0.25, 0.3) is 0 Å². The molecule has 2 aromatic heterocycles. The molecule has 0 radical (unpaired) electrons. The van der Waals surface area contributed by atoms with E-state index in [9.17, 15) is 4.39 Å². The fourth-order valence-corrected chi connectivity index (χ4v) is 7.11. The van der Waals surface area contributed by atoms with E-state index >= 15 is 0 Å². The zero-order valence-electron chi connectivity index (χ0n) is 24.9. The summed E-state index contributed by atoms with van der Waals surface area (Å²) in [7, 11) is 0. The number of rotatable bonds is 5. The third-order valence-electron chi connectivity index (χ3n) is 8.93. The molecule has 0 N–H and O–H groups in total. The number of hydrogen-bond acceptors (Lipinski definition) is 1. The summed E-state index contributed by atoms with van der Waals surface area (Å²) in [5, 5.41) is 4.58. The molecule has 3 nitrogen and oxygen atoms in total. The number of halogens is 1. The van der Waals surface area contributed by atoms with Crippen molar-refractivity contribution in [1.82, 2.24) is 9.13 Å². The highest BCUT2D eigenvalue weighted by Crippen LogP contribution is 2.47. The van der Waals surface area contributed by atoms with Gasteiger partial charge in [-0.25, -0.2) is 4.39 Å². The number of hydrogen-bond donors (Lipinski definition) is 0. The second kappa shape index (κ2) is 10.5. The molecular formula is C42H28FN3. The molecule has 0 saturated heterocycles. The average Bonchev–Trinajstić information content (AvgIpc) is 3.63. The highest BCUT2D eigenvalue weighted by molar-refractivity contribution is 6.20. The van der Waals surface area contributed by atoms with E-state index in [1.54, 1.807) is 12.1 Å². The molecule has 0 unspecified atom stereocenters. The van der Waals surface area contributed by atoms with E-state index in [0.717, 1.165) is 61.3 Å². The summed E-state index contributed by atoms with van der Waals surface area (Å²) in [5.74, 6) is -0.257. The Morgan fingerprint density at radius 2 is 0.848 bits per heavy atom. The summed E-state index contributed by atoms with van der Waals surface area (Å²) in [6, 6.07) is 58.1. The molecule has 0 aliphatic heterocycles. The van der Waals surface area contributed by atoms with Crippen LogP contribution in [0.15, 0.2) is 170 Å². The lowest BCUT2D eigenvalue weighted by molar-refractivity contribution is 0.627. The molecule has 0 bridgehead atoms. The summed E-state index contributed by atoms with van der Waals surface area (Å²) in [4.78, 5) is 2.38. The van der Waals surface area contributed by atoms with Crippen molar-refractivity contribution in [2.75, 3.05) is 4.90 Å². The fraction of sp³-hybridized carbons (Fsp3) is 0. The van der Waals surface area contributed by atoms with E-state index in [-0.39, 0.29) is 5.82 Å². The van der Waals surface area contributed by atoms with Crippen molar-refractivity contribution in [2.45, 2.75) is 0 Å². The summed E-state index contributed by atoms with van der Waals surface area (Å²) >= 11 is 0. The van der Waals surface area contributed by atoms with Gasteiger partial charge >= 0.3 is 0 Å². The van der Waals surface area contributed by atoms with Gasteiger partial charge in [0, 0.05) is 38.6 Å². The van der Waals surface area contributed by atoms with Gasteiger partial charge in [0.1, 0.15) is 5.82 Å². The van der Waals surface area contributed by atoms with Gasteiger partial charge in [0.15, 0.2) is 0 Å². The third kappa shape index (κ3) is 3.97. The highest BCUT2D eigenvalue weighted by Gasteiger charge is 2.24. The number of nitrogens with zero attached hydrogens (tertiary/aromatic N) is 3. The van der Waals surface area contributed by atoms with Crippen LogP contribution in [0.4, 0.5) is 21.5 Å². The van der Waals surface area contributed by atoms with E-state index in [0.29, 0.717) is 0 Å². The van der Waals surface area contributed by atoms with Gasteiger partial charge in [-0.15, -0.1) is 0 Å². The topological polar surface area (TPSA) is 13.1 Å². The minimum atomic E-state index is -0.257. The SMILES string of the molecule is Fc1cccc(-n2c3ccccc3c3c(N(c4ccccc4)c4cccc5c4c4ccccc4n5-c4ccccc4)cccc32)c1. The minimum absolute atomic E-state index is 0.257. The van der Waals surface area contributed by atoms with E-state index in [2.05, 4.69) is 154 Å². The lowest BCUT2D eigenvalue weighted by Gasteiger charge is -2.27. The second-order valence-electron chi connectivity index (χ2n) is 11.5. The third-order valence-corrected chi connectivity index (χ3v) is 8.93. The number of para-hydroxylation sites is 4. The van der Waals surface area contributed by atoms with Gasteiger partial charge in [-0.2, -0.15) is 0 Å². The van der Waals surface area contributed by atoms with Crippen LogP contribution >= 0.6 is 0 Å². The van der Waals surface area contributed by atoms with Gasteiger partial charge in [-0.05, 0) is 78.9 Å². The molecule has 7 aromatic carbocycles. The zero-order valence-corrected chi connectivity index (χ0v) is 24.9. The Labute approximate surface area is 265 Å². The molecule has 0 atom stereocenters. The van der Waals surface area contributed by atoms with Gasteiger partial charge in [0.05, 0.1) is 33.4 Å². The fourth-order valence-electron chi connectivity index (χ4n) is 7.11. The first-order valence-electron chi connectivity index (χ1n) is 15.5. The number of benzene rings is 7. The Hall–Kier alpha value is -6.13. The average molecular weight is 594 g/mol.